The van der Waals surface area contributed by atoms with Crippen LogP contribution in [0.1, 0.15) is 37.0 Å². The average molecular weight is 690 g/mol. The molecule has 2 aromatic carbocycles. The quantitative estimate of drug-likeness (QED) is 0.342. The first-order valence-corrected chi connectivity index (χ1v) is 15.2. The van der Waals surface area contributed by atoms with Gasteiger partial charge in [-0.15, -0.1) is 0 Å². The molecule has 1 aliphatic heterocycles. The minimum atomic E-state index is -4.79. The van der Waals surface area contributed by atoms with Crippen molar-refractivity contribution < 1.29 is 58.8 Å². The Balaban J connectivity index is 1.81. The molecule has 2 heterocycles. The van der Waals surface area contributed by atoms with Gasteiger partial charge >= 0.3 is 30.4 Å². The molecule has 1 atom stereocenters. The zero-order chi connectivity index (χ0) is 35.1. The maximum Gasteiger partial charge on any atom is 0.461 e. The van der Waals surface area contributed by atoms with E-state index in [0.717, 1.165) is 40.1 Å². The summed E-state index contributed by atoms with van der Waals surface area (Å²) in [5.41, 5.74) is -1.74. The molecule has 1 aromatic heterocycles. The van der Waals surface area contributed by atoms with Crippen molar-refractivity contribution in [3.05, 3.63) is 53.7 Å². The van der Waals surface area contributed by atoms with Crippen molar-refractivity contribution in [2.24, 2.45) is 0 Å². The Labute approximate surface area is 264 Å². The number of amides is 3. The SMILES string of the molecule is CN(C)C(=O)c1nc(-c2cc3c(cc2F)S(=O)(=O)C[C@H](NC(=O)OC(C)(C)C)C(=O)N3Cc2ccc(OC(F)(F)C(F)F)cc2)no1. The second-order valence-electron chi connectivity index (χ2n) is 11.4. The van der Waals surface area contributed by atoms with E-state index in [1.807, 2.05) is 0 Å². The summed E-state index contributed by atoms with van der Waals surface area (Å²) in [5, 5.41) is 5.82. The van der Waals surface area contributed by atoms with Crippen molar-refractivity contribution in [2.75, 3.05) is 24.7 Å². The van der Waals surface area contributed by atoms with Crippen LogP contribution in [0.3, 0.4) is 0 Å². The predicted molar refractivity (Wildman–Crippen MR) is 152 cm³/mol. The fraction of sp³-hybridized carbons (Fsp3) is 0.393. The summed E-state index contributed by atoms with van der Waals surface area (Å²) in [6, 6.07) is 3.91. The summed E-state index contributed by atoms with van der Waals surface area (Å²) in [6.07, 6.45) is -10.0. The van der Waals surface area contributed by atoms with Crippen LogP contribution >= 0.6 is 0 Å². The zero-order valence-electron chi connectivity index (χ0n) is 25.4. The standard InChI is InChI=1S/C28H28F5N5O8S/c1-27(2,3)45-26(41)34-18-13-47(42,43)20-11-17(29)16(21-35-22(46-36-21)24(40)37(4)5)10-19(20)38(23(18)39)12-14-6-8-15(9-7-14)44-28(32,33)25(30)31/h6-11,18,25H,12-13H2,1-5H3,(H,34,41)/t18-/m0/s1. The smallest absolute Gasteiger partial charge is 0.444 e. The monoisotopic (exact) mass is 689 g/mol. The van der Waals surface area contributed by atoms with Crippen molar-refractivity contribution in [3.63, 3.8) is 0 Å². The van der Waals surface area contributed by atoms with Gasteiger partial charge in [-0.2, -0.15) is 22.5 Å². The number of nitrogens with zero attached hydrogens (tertiary/aromatic N) is 4. The molecule has 13 nitrogen and oxygen atoms in total. The normalized spacial score (nSPS) is 16.4. The number of carbonyl (C=O) groups is 3. The molecule has 0 radical (unpaired) electrons. The third-order valence-electron chi connectivity index (χ3n) is 6.34. The highest BCUT2D eigenvalue weighted by Gasteiger charge is 2.44. The molecule has 1 aliphatic rings. The van der Waals surface area contributed by atoms with Crippen LogP contribution in [0.25, 0.3) is 11.4 Å². The summed E-state index contributed by atoms with van der Waals surface area (Å²) >= 11 is 0. The molecule has 0 fully saturated rings. The zero-order valence-corrected chi connectivity index (χ0v) is 26.2. The van der Waals surface area contributed by atoms with E-state index in [4.69, 9.17) is 9.26 Å². The molecular weight excluding hydrogens is 661 g/mol. The van der Waals surface area contributed by atoms with Crippen molar-refractivity contribution in [3.8, 4) is 17.1 Å². The van der Waals surface area contributed by atoms with Crippen LogP contribution in [0.4, 0.5) is 32.4 Å². The summed E-state index contributed by atoms with van der Waals surface area (Å²) in [7, 11) is -1.73. The summed E-state index contributed by atoms with van der Waals surface area (Å²) in [4.78, 5) is 44.0. The first-order chi connectivity index (χ1) is 21.7. The Hall–Kier alpha value is -4.81. The number of hydrogen-bond acceptors (Lipinski definition) is 10. The third kappa shape index (κ3) is 7.95. The number of sulfone groups is 1. The van der Waals surface area contributed by atoms with Crippen LogP contribution in [-0.2, 0) is 25.9 Å². The summed E-state index contributed by atoms with van der Waals surface area (Å²) in [6.45, 7) is 4.10. The largest absolute Gasteiger partial charge is 0.461 e. The maximum atomic E-state index is 15.5. The number of halogens is 5. The van der Waals surface area contributed by atoms with Crippen LogP contribution in [0.5, 0.6) is 5.75 Å². The number of fused-ring (bicyclic) bond motifs is 1. The number of anilines is 1. The minimum Gasteiger partial charge on any atom is -0.444 e. The van der Waals surface area contributed by atoms with Gasteiger partial charge in [-0.05, 0) is 50.6 Å². The number of hydrogen-bond donors (Lipinski definition) is 1. The highest BCUT2D eigenvalue weighted by Crippen LogP contribution is 2.37. The lowest BCUT2D eigenvalue weighted by atomic mass is 10.1. The number of alkyl carbamates (subject to hydrolysis) is 1. The van der Waals surface area contributed by atoms with Crippen LogP contribution < -0.4 is 15.0 Å². The van der Waals surface area contributed by atoms with E-state index in [-0.39, 0.29) is 5.56 Å². The van der Waals surface area contributed by atoms with Gasteiger partial charge in [-0.1, -0.05) is 17.3 Å². The van der Waals surface area contributed by atoms with Gasteiger partial charge in [0.2, 0.25) is 5.82 Å². The molecule has 0 saturated heterocycles. The second-order valence-corrected chi connectivity index (χ2v) is 13.4. The molecule has 1 N–H and O–H groups in total. The van der Waals surface area contributed by atoms with Gasteiger partial charge in [0.15, 0.2) is 9.84 Å². The molecule has 0 unspecified atom stereocenters. The Morgan fingerprint density at radius 3 is 2.36 bits per heavy atom. The van der Waals surface area contributed by atoms with E-state index in [9.17, 15) is 40.4 Å². The number of rotatable bonds is 8. The van der Waals surface area contributed by atoms with E-state index < -0.39 is 104 Å². The topological polar surface area (TPSA) is 161 Å². The van der Waals surface area contributed by atoms with Gasteiger partial charge in [0.1, 0.15) is 23.2 Å². The Kier molecular flexibility index (Phi) is 9.52. The number of alkyl halides is 4. The molecular formula is C28H28F5N5O8S. The Morgan fingerprint density at radius 2 is 1.79 bits per heavy atom. The molecule has 0 saturated carbocycles. The first kappa shape index (κ1) is 35.1. The molecule has 0 spiro atoms. The van der Waals surface area contributed by atoms with E-state index in [1.54, 1.807) is 0 Å². The molecule has 0 aliphatic carbocycles. The molecule has 254 valence electrons. The molecule has 4 rings (SSSR count). The highest BCUT2D eigenvalue weighted by molar-refractivity contribution is 7.91. The van der Waals surface area contributed by atoms with Gasteiger partial charge in [0.05, 0.1) is 28.4 Å². The number of benzene rings is 2. The molecule has 3 aromatic rings. The van der Waals surface area contributed by atoms with Gasteiger partial charge in [-0.3, -0.25) is 9.59 Å². The fourth-order valence-corrected chi connectivity index (χ4v) is 5.85. The van der Waals surface area contributed by atoms with E-state index in [0.29, 0.717) is 6.07 Å². The van der Waals surface area contributed by atoms with Gasteiger partial charge < -0.3 is 29.1 Å². The van der Waals surface area contributed by atoms with Crippen molar-refractivity contribution in [2.45, 2.75) is 56.4 Å². The van der Waals surface area contributed by atoms with Crippen LogP contribution in [0, 0.1) is 5.82 Å². The molecule has 0 bridgehead atoms. The molecule has 19 heteroatoms. The molecule has 3 amide bonds. The fourth-order valence-electron chi connectivity index (χ4n) is 4.24. The minimum absolute atomic E-state index is 0.150. The number of carbonyl (C=O) groups excluding carboxylic acids is 3. The van der Waals surface area contributed by atoms with Crippen molar-refractivity contribution in [1.29, 1.82) is 0 Å². The summed E-state index contributed by atoms with van der Waals surface area (Å²) in [5.74, 6) is -5.50. The van der Waals surface area contributed by atoms with E-state index in [1.165, 1.54) is 34.9 Å². The average Bonchev–Trinajstić information content (AvgIpc) is 3.42. The number of ether oxygens (including phenoxy) is 2. The van der Waals surface area contributed by atoms with Crippen molar-refractivity contribution in [1.82, 2.24) is 20.4 Å². The van der Waals surface area contributed by atoms with Crippen LogP contribution in [0.2, 0.25) is 0 Å². The predicted octanol–water partition coefficient (Wildman–Crippen LogP) is 4.03. The van der Waals surface area contributed by atoms with Crippen LogP contribution in [-0.4, -0.2) is 85.4 Å². The second kappa shape index (κ2) is 12.8. The Morgan fingerprint density at radius 1 is 1.15 bits per heavy atom. The lowest BCUT2D eigenvalue weighted by molar-refractivity contribution is -0.253. The highest BCUT2D eigenvalue weighted by atomic mass is 32.2. The van der Waals surface area contributed by atoms with Gasteiger partial charge in [0.25, 0.3) is 5.91 Å². The maximum absolute atomic E-state index is 15.5. The number of nitrogens with one attached hydrogen (secondary N) is 1. The first-order valence-electron chi connectivity index (χ1n) is 13.6. The van der Waals surface area contributed by atoms with Crippen molar-refractivity contribution >= 4 is 33.4 Å². The lowest BCUT2D eigenvalue weighted by Gasteiger charge is -2.27. The van der Waals surface area contributed by atoms with Gasteiger partial charge in [-0.25, -0.2) is 17.6 Å². The number of aromatic nitrogens is 2. The van der Waals surface area contributed by atoms with E-state index >= 15 is 4.39 Å². The summed E-state index contributed by atoms with van der Waals surface area (Å²) < 4.78 is 109. The van der Waals surface area contributed by atoms with Crippen LogP contribution in [0.15, 0.2) is 45.8 Å². The molecule has 47 heavy (non-hydrogen) atoms. The Bertz CT molecular complexity index is 1790. The third-order valence-corrected chi connectivity index (χ3v) is 8.11. The lowest BCUT2D eigenvalue weighted by Crippen LogP contribution is -2.51. The van der Waals surface area contributed by atoms with Gasteiger partial charge in [0, 0.05) is 14.1 Å². The van der Waals surface area contributed by atoms with E-state index in [2.05, 4.69) is 20.2 Å².